The van der Waals surface area contributed by atoms with Gasteiger partial charge in [-0.15, -0.1) is 0 Å². The highest BCUT2D eigenvalue weighted by Gasteiger charge is 2.29. The van der Waals surface area contributed by atoms with Crippen LogP contribution >= 0.6 is 0 Å². The molecule has 0 spiro atoms. The number of rotatable bonds is 6. The van der Waals surface area contributed by atoms with Gasteiger partial charge in [-0.25, -0.2) is 9.37 Å². The summed E-state index contributed by atoms with van der Waals surface area (Å²) in [4.78, 5) is 8.52. The molecule has 1 unspecified atom stereocenters. The van der Waals surface area contributed by atoms with Crippen LogP contribution in [-0.4, -0.2) is 36.7 Å². The smallest absolute Gasteiger partial charge is 0.219 e. The second kappa shape index (κ2) is 8.81. The molecule has 7 heteroatoms. The Morgan fingerprint density at radius 2 is 2.07 bits per heavy atom. The van der Waals surface area contributed by atoms with Crippen LogP contribution in [0.2, 0.25) is 0 Å². The molecule has 0 saturated carbocycles. The molecule has 27 heavy (non-hydrogen) atoms. The molecule has 1 aromatic heterocycles. The summed E-state index contributed by atoms with van der Waals surface area (Å²) < 4.78 is 24.3. The predicted molar refractivity (Wildman–Crippen MR) is 103 cm³/mol. The van der Waals surface area contributed by atoms with E-state index in [1.807, 2.05) is 6.07 Å². The van der Waals surface area contributed by atoms with Crippen molar-refractivity contribution in [2.24, 2.45) is 4.99 Å². The summed E-state index contributed by atoms with van der Waals surface area (Å²) in [5, 5.41) is 6.57. The quantitative estimate of drug-likeness (QED) is 0.602. The second-order valence-corrected chi connectivity index (χ2v) is 6.74. The van der Waals surface area contributed by atoms with E-state index < -0.39 is 0 Å². The maximum Gasteiger partial charge on any atom is 0.219 e. The number of pyridine rings is 1. The van der Waals surface area contributed by atoms with E-state index in [-0.39, 0.29) is 11.4 Å². The molecule has 0 radical (unpaired) electrons. The fourth-order valence-corrected chi connectivity index (χ4v) is 2.85. The number of guanidine groups is 1. The van der Waals surface area contributed by atoms with Crippen molar-refractivity contribution in [1.82, 2.24) is 15.6 Å². The number of hydrogen-bond acceptors (Lipinski definition) is 4. The maximum atomic E-state index is 12.9. The van der Waals surface area contributed by atoms with Gasteiger partial charge in [0.05, 0.1) is 5.60 Å². The van der Waals surface area contributed by atoms with Crippen molar-refractivity contribution in [2.45, 2.75) is 31.9 Å². The number of ether oxygens (including phenoxy) is 2. The molecule has 0 bridgehead atoms. The van der Waals surface area contributed by atoms with E-state index >= 15 is 0 Å². The minimum Gasteiger partial charge on any atom is -0.439 e. The highest BCUT2D eigenvalue weighted by Crippen LogP contribution is 2.23. The third-order valence-corrected chi connectivity index (χ3v) is 4.45. The van der Waals surface area contributed by atoms with Crippen LogP contribution in [0.3, 0.4) is 0 Å². The molecule has 0 aliphatic carbocycles. The first-order chi connectivity index (χ1) is 13.1. The molecule has 3 rings (SSSR count). The molecule has 1 aliphatic rings. The van der Waals surface area contributed by atoms with Gasteiger partial charge in [-0.2, -0.15) is 0 Å². The van der Waals surface area contributed by atoms with Crippen LogP contribution in [0.1, 0.15) is 25.3 Å². The lowest BCUT2D eigenvalue weighted by Crippen LogP contribution is -2.45. The van der Waals surface area contributed by atoms with Gasteiger partial charge in [-0.3, -0.25) is 4.99 Å². The van der Waals surface area contributed by atoms with Crippen LogP contribution < -0.4 is 15.4 Å². The summed E-state index contributed by atoms with van der Waals surface area (Å²) in [6.45, 7) is 4.24. The normalized spacial score (nSPS) is 19.7. The van der Waals surface area contributed by atoms with Crippen LogP contribution in [0.25, 0.3) is 0 Å². The van der Waals surface area contributed by atoms with Crippen molar-refractivity contribution in [3.63, 3.8) is 0 Å². The predicted octanol–water partition coefficient (Wildman–Crippen LogP) is 3.25. The Morgan fingerprint density at radius 1 is 1.26 bits per heavy atom. The van der Waals surface area contributed by atoms with Crippen molar-refractivity contribution in [3.05, 3.63) is 54.0 Å². The van der Waals surface area contributed by atoms with Gasteiger partial charge in [0.2, 0.25) is 5.88 Å². The Labute approximate surface area is 158 Å². The maximum absolute atomic E-state index is 12.9. The SMILES string of the molecule is CN=C(NCc1ccc(Oc2ccc(F)cc2)nc1)NCC1(C)CCCO1. The van der Waals surface area contributed by atoms with E-state index in [0.717, 1.165) is 37.5 Å². The van der Waals surface area contributed by atoms with Gasteiger partial charge in [0, 0.05) is 39.0 Å². The van der Waals surface area contributed by atoms with E-state index in [9.17, 15) is 4.39 Å². The minimum atomic E-state index is -0.299. The Bertz CT molecular complexity index is 757. The first-order valence-corrected chi connectivity index (χ1v) is 9.03. The number of nitrogens with zero attached hydrogens (tertiary/aromatic N) is 2. The molecular formula is C20H25FN4O2. The molecule has 6 nitrogen and oxygen atoms in total. The monoisotopic (exact) mass is 372 g/mol. The van der Waals surface area contributed by atoms with Gasteiger partial charge in [0.25, 0.3) is 0 Å². The summed E-state index contributed by atoms with van der Waals surface area (Å²) in [7, 11) is 1.74. The van der Waals surface area contributed by atoms with Gasteiger partial charge in [-0.05, 0) is 49.6 Å². The van der Waals surface area contributed by atoms with E-state index in [1.165, 1.54) is 12.1 Å². The molecule has 1 saturated heterocycles. The number of aromatic nitrogens is 1. The van der Waals surface area contributed by atoms with Gasteiger partial charge in [0.1, 0.15) is 11.6 Å². The van der Waals surface area contributed by atoms with Gasteiger partial charge < -0.3 is 20.1 Å². The third kappa shape index (κ3) is 5.65. The Morgan fingerprint density at radius 3 is 2.70 bits per heavy atom. The zero-order valence-corrected chi connectivity index (χ0v) is 15.7. The average Bonchev–Trinajstić information content (AvgIpc) is 3.12. The zero-order valence-electron chi connectivity index (χ0n) is 15.7. The topological polar surface area (TPSA) is 67.8 Å². The molecule has 2 heterocycles. The summed E-state index contributed by atoms with van der Waals surface area (Å²) in [5.74, 6) is 1.42. The van der Waals surface area contributed by atoms with Crippen LogP contribution in [0.4, 0.5) is 4.39 Å². The van der Waals surface area contributed by atoms with Crippen LogP contribution in [-0.2, 0) is 11.3 Å². The number of benzene rings is 1. The molecule has 1 aromatic carbocycles. The highest BCUT2D eigenvalue weighted by molar-refractivity contribution is 5.79. The van der Waals surface area contributed by atoms with Crippen molar-refractivity contribution < 1.29 is 13.9 Å². The van der Waals surface area contributed by atoms with Gasteiger partial charge >= 0.3 is 0 Å². The van der Waals surface area contributed by atoms with Crippen molar-refractivity contribution in [1.29, 1.82) is 0 Å². The highest BCUT2D eigenvalue weighted by atomic mass is 19.1. The zero-order chi connectivity index (χ0) is 19.1. The molecule has 1 atom stereocenters. The second-order valence-electron chi connectivity index (χ2n) is 6.74. The first-order valence-electron chi connectivity index (χ1n) is 9.03. The average molecular weight is 372 g/mol. The Balaban J connectivity index is 1.47. The van der Waals surface area contributed by atoms with E-state index in [4.69, 9.17) is 9.47 Å². The fraction of sp³-hybridized carbons (Fsp3) is 0.400. The summed E-state index contributed by atoms with van der Waals surface area (Å²) in [5.41, 5.74) is 0.867. The molecular weight excluding hydrogens is 347 g/mol. The van der Waals surface area contributed by atoms with Crippen molar-refractivity contribution in [3.8, 4) is 11.6 Å². The summed E-state index contributed by atoms with van der Waals surface area (Å²) >= 11 is 0. The summed E-state index contributed by atoms with van der Waals surface area (Å²) in [6.07, 6.45) is 3.89. The van der Waals surface area contributed by atoms with Gasteiger partial charge in [0.15, 0.2) is 5.96 Å². The van der Waals surface area contributed by atoms with Crippen LogP contribution in [0.15, 0.2) is 47.6 Å². The number of halogens is 1. The third-order valence-electron chi connectivity index (χ3n) is 4.45. The van der Waals surface area contributed by atoms with Crippen LogP contribution in [0.5, 0.6) is 11.6 Å². The van der Waals surface area contributed by atoms with E-state index in [1.54, 1.807) is 31.4 Å². The minimum absolute atomic E-state index is 0.126. The van der Waals surface area contributed by atoms with Gasteiger partial charge in [-0.1, -0.05) is 6.07 Å². The largest absolute Gasteiger partial charge is 0.439 e. The van der Waals surface area contributed by atoms with Crippen molar-refractivity contribution >= 4 is 5.96 Å². The molecule has 144 valence electrons. The van der Waals surface area contributed by atoms with E-state index in [2.05, 4.69) is 27.5 Å². The molecule has 0 amide bonds. The molecule has 2 aromatic rings. The molecule has 1 aliphatic heterocycles. The standard InChI is InChI=1S/C20H25FN4O2/c1-20(10-3-11-26-20)14-25-19(22-2)24-13-15-4-9-18(23-12-15)27-17-7-5-16(21)6-8-17/h4-9,12H,3,10-11,13-14H2,1-2H3,(H2,22,24,25). The van der Waals surface area contributed by atoms with E-state index in [0.29, 0.717) is 18.2 Å². The number of aliphatic imine (C=N–C) groups is 1. The summed E-state index contributed by atoms with van der Waals surface area (Å²) in [6, 6.07) is 9.54. The Kier molecular flexibility index (Phi) is 6.24. The van der Waals surface area contributed by atoms with Crippen molar-refractivity contribution in [2.75, 3.05) is 20.2 Å². The lowest BCUT2D eigenvalue weighted by Gasteiger charge is -2.24. The first kappa shape index (κ1) is 19.1. The molecule has 2 N–H and O–H groups in total. The lowest BCUT2D eigenvalue weighted by atomic mass is 10.0. The Hall–Kier alpha value is -2.67. The fourth-order valence-electron chi connectivity index (χ4n) is 2.85. The number of nitrogens with one attached hydrogen (secondary N) is 2. The molecule has 1 fully saturated rings. The number of hydrogen-bond donors (Lipinski definition) is 2. The van der Waals surface area contributed by atoms with Crippen LogP contribution in [0, 0.1) is 5.82 Å². The lowest BCUT2D eigenvalue weighted by molar-refractivity contribution is 0.0243.